The summed E-state index contributed by atoms with van der Waals surface area (Å²) in [6.07, 6.45) is 0.718. The van der Waals surface area contributed by atoms with Crippen LogP contribution in [0.3, 0.4) is 0 Å². The molecule has 0 aliphatic rings. The van der Waals surface area contributed by atoms with Gasteiger partial charge < -0.3 is 5.32 Å². The van der Waals surface area contributed by atoms with E-state index in [2.05, 4.69) is 5.32 Å². The van der Waals surface area contributed by atoms with Gasteiger partial charge in [-0.3, -0.25) is 4.79 Å². The van der Waals surface area contributed by atoms with Gasteiger partial charge in [-0.2, -0.15) is 0 Å². The lowest BCUT2D eigenvalue weighted by atomic mass is 10.1. The molecule has 2 aromatic rings. The van der Waals surface area contributed by atoms with Crippen molar-refractivity contribution in [3.8, 4) is 0 Å². The maximum atomic E-state index is 11.8. The van der Waals surface area contributed by atoms with E-state index in [9.17, 15) is 4.79 Å². The van der Waals surface area contributed by atoms with Crippen molar-refractivity contribution in [2.75, 3.05) is 6.54 Å². The van der Waals surface area contributed by atoms with E-state index in [4.69, 9.17) is 23.2 Å². The summed E-state index contributed by atoms with van der Waals surface area (Å²) in [7, 11) is 0. The molecule has 4 heteroatoms. The minimum atomic E-state index is -0.0688. The molecule has 0 heterocycles. The van der Waals surface area contributed by atoms with Crippen molar-refractivity contribution in [2.24, 2.45) is 0 Å². The van der Waals surface area contributed by atoms with Crippen LogP contribution < -0.4 is 5.32 Å². The molecule has 19 heavy (non-hydrogen) atoms. The molecule has 2 nitrogen and oxygen atoms in total. The van der Waals surface area contributed by atoms with E-state index < -0.39 is 0 Å². The smallest absolute Gasteiger partial charge is 0.251 e. The lowest BCUT2D eigenvalue weighted by molar-refractivity contribution is 0.0954. The van der Waals surface area contributed by atoms with Gasteiger partial charge in [-0.1, -0.05) is 47.5 Å². The van der Waals surface area contributed by atoms with E-state index in [1.54, 1.807) is 18.2 Å². The van der Waals surface area contributed by atoms with Gasteiger partial charge in [0.1, 0.15) is 0 Å². The molecular weight excluding hydrogens is 281 g/mol. The minimum Gasteiger partial charge on any atom is -0.352 e. The van der Waals surface area contributed by atoms with Crippen molar-refractivity contribution in [1.82, 2.24) is 5.32 Å². The van der Waals surface area contributed by atoms with Gasteiger partial charge in [0, 0.05) is 12.1 Å². The van der Waals surface area contributed by atoms with Crippen LogP contribution in [-0.4, -0.2) is 12.5 Å². The van der Waals surface area contributed by atoms with E-state index in [1.165, 1.54) is 0 Å². The highest BCUT2D eigenvalue weighted by Gasteiger charge is 2.04. The molecule has 0 saturated heterocycles. The molecule has 0 saturated carbocycles. The molecule has 0 bridgehead atoms. The second-order valence-electron chi connectivity index (χ2n) is 4.12. The molecule has 0 radical (unpaired) electrons. The fourth-order valence-corrected chi connectivity index (χ4v) is 2.03. The van der Waals surface area contributed by atoms with Crippen LogP contribution in [0.5, 0.6) is 0 Å². The zero-order valence-corrected chi connectivity index (χ0v) is 11.7. The Balaban J connectivity index is 1.87. The first kappa shape index (κ1) is 13.9. The van der Waals surface area contributed by atoms with Crippen molar-refractivity contribution in [2.45, 2.75) is 6.42 Å². The van der Waals surface area contributed by atoms with Crippen molar-refractivity contribution < 1.29 is 4.79 Å². The van der Waals surface area contributed by atoms with Gasteiger partial charge in [0.25, 0.3) is 5.91 Å². The number of nitrogens with one attached hydrogen (secondary N) is 1. The number of hydrogen-bond acceptors (Lipinski definition) is 1. The SMILES string of the molecule is O=C(NCCc1ccc(Cl)c(Cl)c1)c1ccccc1. The molecule has 0 spiro atoms. The molecule has 0 aromatic heterocycles. The zero-order valence-electron chi connectivity index (χ0n) is 10.2. The summed E-state index contributed by atoms with van der Waals surface area (Å²) < 4.78 is 0. The molecule has 0 atom stereocenters. The van der Waals surface area contributed by atoms with E-state index in [0.29, 0.717) is 22.2 Å². The van der Waals surface area contributed by atoms with E-state index in [0.717, 1.165) is 12.0 Å². The summed E-state index contributed by atoms with van der Waals surface area (Å²) in [6, 6.07) is 14.6. The number of amides is 1. The highest BCUT2D eigenvalue weighted by molar-refractivity contribution is 6.42. The number of carbonyl (C=O) groups excluding carboxylic acids is 1. The molecule has 98 valence electrons. The second-order valence-corrected chi connectivity index (χ2v) is 4.93. The van der Waals surface area contributed by atoms with Crippen LogP contribution in [0.4, 0.5) is 0 Å². The molecule has 0 aliphatic heterocycles. The van der Waals surface area contributed by atoms with Crippen LogP contribution in [0.1, 0.15) is 15.9 Å². The average Bonchev–Trinajstić information content (AvgIpc) is 2.43. The monoisotopic (exact) mass is 293 g/mol. The fraction of sp³-hybridized carbons (Fsp3) is 0.133. The number of benzene rings is 2. The van der Waals surface area contributed by atoms with Crippen molar-refractivity contribution in [3.63, 3.8) is 0 Å². The van der Waals surface area contributed by atoms with E-state index >= 15 is 0 Å². The third kappa shape index (κ3) is 3.98. The molecule has 2 rings (SSSR count). The van der Waals surface area contributed by atoms with Gasteiger partial charge in [0.15, 0.2) is 0 Å². The topological polar surface area (TPSA) is 29.1 Å². The summed E-state index contributed by atoms with van der Waals surface area (Å²) in [5, 5.41) is 3.94. The van der Waals surface area contributed by atoms with Crippen LogP contribution >= 0.6 is 23.2 Å². The Bertz CT molecular complexity index is 570. The Hall–Kier alpha value is -1.51. The summed E-state index contributed by atoms with van der Waals surface area (Å²) in [5.41, 5.74) is 1.71. The Morgan fingerprint density at radius 3 is 2.42 bits per heavy atom. The first-order chi connectivity index (χ1) is 9.16. The summed E-state index contributed by atoms with van der Waals surface area (Å²) in [5.74, 6) is -0.0688. The lowest BCUT2D eigenvalue weighted by Crippen LogP contribution is -2.25. The Morgan fingerprint density at radius 1 is 1.00 bits per heavy atom. The predicted octanol–water partition coefficient (Wildman–Crippen LogP) is 3.97. The van der Waals surface area contributed by atoms with Gasteiger partial charge in [-0.15, -0.1) is 0 Å². The van der Waals surface area contributed by atoms with Gasteiger partial charge in [-0.25, -0.2) is 0 Å². The number of rotatable bonds is 4. The molecular formula is C15H13Cl2NO. The van der Waals surface area contributed by atoms with Crippen LogP contribution in [-0.2, 0) is 6.42 Å². The fourth-order valence-electron chi connectivity index (χ4n) is 1.71. The van der Waals surface area contributed by atoms with E-state index in [1.807, 2.05) is 30.3 Å². The number of hydrogen-bond donors (Lipinski definition) is 1. The lowest BCUT2D eigenvalue weighted by Gasteiger charge is -2.06. The molecule has 0 unspecified atom stereocenters. The Kier molecular flexibility index (Phi) is 4.83. The highest BCUT2D eigenvalue weighted by Crippen LogP contribution is 2.22. The molecule has 0 fully saturated rings. The van der Waals surface area contributed by atoms with Gasteiger partial charge in [-0.05, 0) is 36.2 Å². The third-order valence-electron chi connectivity index (χ3n) is 2.72. The van der Waals surface area contributed by atoms with Crippen LogP contribution in [0.2, 0.25) is 10.0 Å². The Morgan fingerprint density at radius 2 is 1.74 bits per heavy atom. The molecule has 1 N–H and O–H groups in total. The number of carbonyl (C=O) groups is 1. The van der Waals surface area contributed by atoms with Crippen molar-refractivity contribution in [3.05, 3.63) is 69.7 Å². The van der Waals surface area contributed by atoms with Gasteiger partial charge in [0.05, 0.1) is 10.0 Å². The summed E-state index contributed by atoms with van der Waals surface area (Å²) >= 11 is 11.8. The minimum absolute atomic E-state index is 0.0688. The first-order valence-corrected chi connectivity index (χ1v) is 6.69. The van der Waals surface area contributed by atoms with Gasteiger partial charge >= 0.3 is 0 Å². The van der Waals surface area contributed by atoms with E-state index in [-0.39, 0.29) is 5.91 Å². The van der Waals surface area contributed by atoms with Gasteiger partial charge in [0.2, 0.25) is 0 Å². The zero-order chi connectivity index (χ0) is 13.7. The van der Waals surface area contributed by atoms with Crippen molar-refractivity contribution >= 4 is 29.1 Å². The molecule has 2 aromatic carbocycles. The molecule has 0 aliphatic carbocycles. The number of halogens is 2. The van der Waals surface area contributed by atoms with Crippen molar-refractivity contribution in [1.29, 1.82) is 0 Å². The van der Waals surface area contributed by atoms with Crippen LogP contribution in [0.25, 0.3) is 0 Å². The quantitative estimate of drug-likeness (QED) is 0.908. The summed E-state index contributed by atoms with van der Waals surface area (Å²) in [4.78, 5) is 11.8. The maximum absolute atomic E-state index is 11.8. The third-order valence-corrected chi connectivity index (χ3v) is 3.46. The largest absolute Gasteiger partial charge is 0.352 e. The Labute approximate surface area is 122 Å². The average molecular weight is 294 g/mol. The van der Waals surface area contributed by atoms with Crippen LogP contribution in [0.15, 0.2) is 48.5 Å². The summed E-state index contributed by atoms with van der Waals surface area (Å²) in [6.45, 7) is 0.561. The molecule has 1 amide bonds. The predicted molar refractivity (Wildman–Crippen MR) is 78.9 cm³/mol. The van der Waals surface area contributed by atoms with Crippen LogP contribution in [0, 0.1) is 0 Å². The highest BCUT2D eigenvalue weighted by atomic mass is 35.5. The standard InChI is InChI=1S/C15H13Cl2NO/c16-13-7-6-11(10-14(13)17)8-9-18-15(19)12-4-2-1-3-5-12/h1-7,10H,8-9H2,(H,18,19). The first-order valence-electron chi connectivity index (χ1n) is 5.94. The maximum Gasteiger partial charge on any atom is 0.251 e. The normalized spacial score (nSPS) is 10.2. The second kappa shape index (κ2) is 6.60.